The van der Waals surface area contributed by atoms with Crippen molar-refractivity contribution in [3.63, 3.8) is 0 Å². The van der Waals surface area contributed by atoms with Crippen molar-refractivity contribution in [2.24, 2.45) is 0 Å². The van der Waals surface area contributed by atoms with Gasteiger partial charge in [0.05, 0.1) is 12.4 Å². The topological polar surface area (TPSA) is 47.0 Å². The van der Waals surface area contributed by atoms with Crippen LogP contribution in [0, 0.1) is 0 Å². The first-order valence-electron chi connectivity index (χ1n) is 3.69. The van der Waals surface area contributed by atoms with Crippen LogP contribution in [0.3, 0.4) is 0 Å². The van der Waals surface area contributed by atoms with E-state index in [1.54, 1.807) is 12.4 Å². The van der Waals surface area contributed by atoms with Crippen molar-refractivity contribution >= 4 is 11.6 Å². The van der Waals surface area contributed by atoms with E-state index in [1.807, 2.05) is 0 Å². The third-order valence-corrected chi connectivity index (χ3v) is 1.84. The summed E-state index contributed by atoms with van der Waals surface area (Å²) in [6, 6.07) is 0. The molecule has 2 heterocycles. The molecule has 0 aliphatic carbocycles. The van der Waals surface area contributed by atoms with Gasteiger partial charge in [0.1, 0.15) is 6.10 Å². The minimum absolute atomic E-state index is 0.245. The molecule has 1 saturated heterocycles. The Kier molecular flexibility index (Phi) is 2.10. The SMILES string of the molecule is Clc1ncc(OC2CNC2)cn1. The van der Waals surface area contributed by atoms with E-state index < -0.39 is 0 Å². The van der Waals surface area contributed by atoms with Gasteiger partial charge in [-0.25, -0.2) is 9.97 Å². The number of hydrogen-bond donors (Lipinski definition) is 1. The lowest BCUT2D eigenvalue weighted by atomic mass is 10.2. The number of ether oxygens (including phenoxy) is 1. The fourth-order valence-corrected chi connectivity index (χ4v) is 0.997. The van der Waals surface area contributed by atoms with Crippen LogP contribution >= 0.6 is 11.6 Å². The highest BCUT2D eigenvalue weighted by Gasteiger charge is 2.18. The third-order valence-electron chi connectivity index (χ3n) is 1.64. The number of nitrogens with zero attached hydrogens (tertiary/aromatic N) is 2. The number of aromatic nitrogens is 2. The van der Waals surface area contributed by atoms with Crippen molar-refractivity contribution in [2.45, 2.75) is 6.10 Å². The van der Waals surface area contributed by atoms with Gasteiger partial charge in [-0.2, -0.15) is 0 Å². The van der Waals surface area contributed by atoms with Crippen LogP contribution in [0.25, 0.3) is 0 Å². The molecule has 4 nitrogen and oxygen atoms in total. The molecule has 0 radical (unpaired) electrons. The molecule has 1 fully saturated rings. The molecule has 0 spiro atoms. The van der Waals surface area contributed by atoms with Crippen LogP contribution in [-0.4, -0.2) is 29.2 Å². The lowest BCUT2D eigenvalue weighted by Gasteiger charge is -2.27. The lowest BCUT2D eigenvalue weighted by Crippen LogP contribution is -2.50. The quantitative estimate of drug-likeness (QED) is 0.681. The Hall–Kier alpha value is -0.870. The molecular weight excluding hydrogens is 178 g/mol. The van der Waals surface area contributed by atoms with E-state index in [4.69, 9.17) is 16.3 Å². The second-order valence-electron chi connectivity index (χ2n) is 2.59. The smallest absolute Gasteiger partial charge is 0.222 e. The van der Waals surface area contributed by atoms with Crippen LogP contribution in [0.5, 0.6) is 5.75 Å². The van der Waals surface area contributed by atoms with Crippen LogP contribution in [0.15, 0.2) is 12.4 Å². The van der Waals surface area contributed by atoms with Gasteiger partial charge in [-0.1, -0.05) is 0 Å². The first kappa shape index (κ1) is 7.76. The fourth-order valence-electron chi connectivity index (χ4n) is 0.899. The molecule has 0 bridgehead atoms. The molecule has 5 heteroatoms. The second-order valence-corrected chi connectivity index (χ2v) is 2.92. The maximum absolute atomic E-state index is 5.51. The Labute approximate surface area is 74.9 Å². The van der Waals surface area contributed by atoms with Gasteiger partial charge in [-0.15, -0.1) is 0 Å². The van der Waals surface area contributed by atoms with E-state index >= 15 is 0 Å². The molecule has 12 heavy (non-hydrogen) atoms. The maximum atomic E-state index is 5.51. The fraction of sp³-hybridized carbons (Fsp3) is 0.429. The third kappa shape index (κ3) is 1.65. The predicted molar refractivity (Wildman–Crippen MR) is 44.3 cm³/mol. The van der Waals surface area contributed by atoms with Crippen molar-refractivity contribution in [1.29, 1.82) is 0 Å². The molecule has 0 atom stereocenters. The highest BCUT2D eigenvalue weighted by atomic mass is 35.5. The predicted octanol–water partition coefficient (Wildman–Crippen LogP) is 0.481. The number of hydrogen-bond acceptors (Lipinski definition) is 4. The molecule has 1 aliphatic rings. The monoisotopic (exact) mass is 185 g/mol. The molecule has 0 aromatic carbocycles. The summed E-state index contributed by atoms with van der Waals surface area (Å²) in [6.45, 7) is 1.78. The highest BCUT2D eigenvalue weighted by molar-refractivity contribution is 6.28. The van der Waals surface area contributed by atoms with Gasteiger partial charge in [0.2, 0.25) is 5.28 Å². The minimum atomic E-state index is 0.245. The summed E-state index contributed by atoms with van der Waals surface area (Å²) in [5.41, 5.74) is 0. The zero-order valence-corrected chi connectivity index (χ0v) is 7.08. The van der Waals surface area contributed by atoms with E-state index in [2.05, 4.69) is 15.3 Å². The summed E-state index contributed by atoms with van der Waals surface area (Å²) < 4.78 is 5.46. The van der Waals surface area contributed by atoms with Crippen molar-refractivity contribution in [2.75, 3.05) is 13.1 Å². The van der Waals surface area contributed by atoms with E-state index in [-0.39, 0.29) is 11.4 Å². The summed E-state index contributed by atoms with van der Waals surface area (Å²) in [4.78, 5) is 7.60. The normalized spacial score (nSPS) is 17.1. The second kappa shape index (κ2) is 3.25. The van der Waals surface area contributed by atoms with Crippen molar-refractivity contribution < 1.29 is 4.74 Å². The standard InChI is InChI=1S/C7H8ClN3O/c8-7-10-3-6(4-11-7)12-5-1-9-2-5/h3-5,9H,1-2H2. The van der Waals surface area contributed by atoms with Crippen molar-refractivity contribution in [3.8, 4) is 5.75 Å². The van der Waals surface area contributed by atoms with Crippen LogP contribution in [0.2, 0.25) is 5.28 Å². The first-order valence-corrected chi connectivity index (χ1v) is 4.07. The molecule has 0 unspecified atom stereocenters. The largest absolute Gasteiger partial charge is 0.485 e. The molecule has 0 saturated carbocycles. The van der Waals surface area contributed by atoms with E-state index in [0.717, 1.165) is 13.1 Å². The van der Waals surface area contributed by atoms with Gasteiger partial charge < -0.3 is 10.1 Å². The maximum Gasteiger partial charge on any atom is 0.222 e. The summed E-state index contributed by atoms with van der Waals surface area (Å²) in [5, 5.41) is 3.35. The van der Waals surface area contributed by atoms with Gasteiger partial charge in [0.25, 0.3) is 0 Å². The van der Waals surface area contributed by atoms with Crippen LogP contribution < -0.4 is 10.1 Å². The van der Waals surface area contributed by atoms with Crippen LogP contribution in [-0.2, 0) is 0 Å². The first-order chi connectivity index (χ1) is 5.84. The summed E-state index contributed by atoms with van der Waals surface area (Å²) >= 11 is 5.51. The van der Waals surface area contributed by atoms with Crippen LogP contribution in [0.4, 0.5) is 0 Å². The molecule has 1 aromatic rings. The Morgan fingerprint density at radius 3 is 2.58 bits per heavy atom. The van der Waals surface area contributed by atoms with E-state index in [9.17, 15) is 0 Å². The lowest BCUT2D eigenvalue weighted by molar-refractivity contribution is 0.141. The minimum Gasteiger partial charge on any atom is -0.485 e. The summed E-state index contributed by atoms with van der Waals surface area (Å²) in [6.07, 6.45) is 3.41. The Morgan fingerprint density at radius 1 is 1.42 bits per heavy atom. The van der Waals surface area contributed by atoms with Gasteiger partial charge in [-0.3, -0.25) is 0 Å². The molecule has 1 aromatic heterocycles. The van der Waals surface area contributed by atoms with Gasteiger partial charge >= 0.3 is 0 Å². The van der Waals surface area contributed by atoms with Crippen molar-refractivity contribution in [1.82, 2.24) is 15.3 Å². The van der Waals surface area contributed by atoms with Gasteiger partial charge in [0.15, 0.2) is 5.75 Å². The molecule has 64 valence electrons. The zero-order chi connectivity index (χ0) is 8.39. The molecule has 0 amide bonds. The highest BCUT2D eigenvalue weighted by Crippen LogP contribution is 2.11. The Balaban J connectivity index is 1.98. The zero-order valence-electron chi connectivity index (χ0n) is 6.33. The summed E-state index contributed by atoms with van der Waals surface area (Å²) in [7, 11) is 0. The Morgan fingerprint density at radius 2 is 2.08 bits per heavy atom. The molecule has 2 rings (SSSR count). The molecule has 1 aliphatic heterocycles. The average Bonchev–Trinajstić information content (AvgIpc) is 2.00. The average molecular weight is 186 g/mol. The van der Waals surface area contributed by atoms with Crippen molar-refractivity contribution in [3.05, 3.63) is 17.7 Å². The Bertz CT molecular complexity index is 260. The molecule has 1 N–H and O–H groups in total. The van der Waals surface area contributed by atoms with Gasteiger partial charge in [-0.05, 0) is 11.6 Å². The van der Waals surface area contributed by atoms with Crippen LogP contribution in [0.1, 0.15) is 0 Å². The summed E-state index contributed by atoms with van der Waals surface area (Å²) in [5.74, 6) is 0.672. The number of rotatable bonds is 2. The number of nitrogens with one attached hydrogen (secondary N) is 1. The molecular formula is C7H8ClN3O. The van der Waals surface area contributed by atoms with Gasteiger partial charge in [0, 0.05) is 13.1 Å². The van der Waals surface area contributed by atoms with E-state index in [0.29, 0.717) is 5.75 Å². The van der Waals surface area contributed by atoms with E-state index in [1.165, 1.54) is 0 Å². The number of halogens is 1.